The van der Waals surface area contributed by atoms with Gasteiger partial charge in [-0.25, -0.2) is 0 Å². The molecule has 0 saturated carbocycles. The van der Waals surface area contributed by atoms with Crippen LogP contribution in [0.2, 0.25) is 0 Å². The predicted octanol–water partition coefficient (Wildman–Crippen LogP) is 2.45. The van der Waals surface area contributed by atoms with Crippen LogP contribution in [-0.4, -0.2) is 42.5 Å². The van der Waals surface area contributed by atoms with Crippen LogP contribution in [0.15, 0.2) is 42.0 Å². The molecule has 0 bridgehead atoms. The molecule has 1 aliphatic rings. The molecule has 1 heterocycles. The first-order chi connectivity index (χ1) is 11.4. The molecule has 1 aromatic rings. The summed E-state index contributed by atoms with van der Waals surface area (Å²) in [7, 11) is 1.72. The number of hydrogen-bond donors (Lipinski definition) is 1. The normalized spacial score (nSPS) is 19.8. The molecule has 5 heteroatoms. The van der Waals surface area contributed by atoms with Gasteiger partial charge in [0, 0.05) is 20.5 Å². The van der Waals surface area contributed by atoms with E-state index < -0.39 is 6.10 Å². The summed E-state index contributed by atoms with van der Waals surface area (Å²) >= 11 is 0. The lowest BCUT2D eigenvalue weighted by atomic mass is 10.0. The number of ether oxygens (including phenoxy) is 1. The molecule has 0 aromatic heterocycles. The third kappa shape index (κ3) is 4.45. The summed E-state index contributed by atoms with van der Waals surface area (Å²) in [5, 5.41) is 3.17. The second kappa shape index (κ2) is 8.11. The maximum absolute atomic E-state index is 12.6. The Hall–Kier alpha value is -2.14. The minimum Gasteiger partial charge on any atom is -0.454 e. The molecule has 2 rings (SSSR count). The number of benzene rings is 1. The Morgan fingerprint density at radius 1 is 1.29 bits per heavy atom. The van der Waals surface area contributed by atoms with E-state index in [0.29, 0.717) is 13.0 Å². The van der Waals surface area contributed by atoms with Gasteiger partial charge in [0.1, 0.15) is 12.1 Å². The molecule has 0 saturated heterocycles. The maximum atomic E-state index is 12.6. The van der Waals surface area contributed by atoms with E-state index in [2.05, 4.69) is 11.4 Å². The largest absolute Gasteiger partial charge is 0.454 e. The summed E-state index contributed by atoms with van der Waals surface area (Å²) in [6.07, 6.45) is 2.22. The summed E-state index contributed by atoms with van der Waals surface area (Å²) in [6.45, 7) is 6.09. The highest BCUT2D eigenvalue weighted by Crippen LogP contribution is 2.26. The Labute approximate surface area is 143 Å². The van der Waals surface area contributed by atoms with Gasteiger partial charge in [-0.1, -0.05) is 42.0 Å². The number of nitrogens with one attached hydrogen (secondary N) is 1. The number of rotatable bonds is 5. The highest BCUT2D eigenvalue weighted by molar-refractivity contribution is 5.77. The van der Waals surface area contributed by atoms with Crippen molar-refractivity contribution in [2.45, 2.75) is 45.4 Å². The highest BCUT2D eigenvalue weighted by Gasteiger charge is 2.31. The molecule has 24 heavy (non-hydrogen) atoms. The minimum absolute atomic E-state index is 0.0611. The second-order valence-electron chi connectivity index (χ2n) is 6.35. The zero-order valence-electron chi connectivity index (χ0n) is 14.8. The summed E-state index contributed by atoms with van der Waals surface area (Å²) in [5.41, 5.74) is 2.07. The van der Waals surface area contributed by atoms with Crippen LogP contribution in [0.25, 0.3) is 0 Å². The van der Waals surface area contributed by atoms with E-state index in [1.54, 1.807) is 11.9 Å². The zero-order valence-corrected chi connectivity index (χ0v) is 14.8. The quantitative estimate of drug-likeness (QED) is 0.665. The Morgan fingerprint density at radius 3 is 2.54 bits per heavy atom. The van der Waals surface area contributed by atoms with E-state index in [1.807, 2.05) is 44.2 Å². The van der Waals surface area contributed by atoms with Crippen LogP contribution >= 0.6 is 0 Å². The van der Waals surface area contributed by atoms with Gasteiger partial charge in [-0.15, -0.1) is 0 Å². The summed E-state index contributed by atoms with van der Waals surface area (Å²) in [6, 6.07) is 8.97. The number of esters is 1. The highest BCUT2D eigenvalue weighted by atomic mass is 16.5. The second-order valence-corrected chi connectivity index (χ2v) is 6.35. The maximum Gasteiger partial charge on any atom is 0.324 e. The topological polar surface area (TPSA) is 58.6 Å². The molecule has 0 aliphatic carbocycles. The molecule has 5 nitrogen and oxygen atoms in total. The average Bonchev–Trinajstić information content (AvgIpc) is 2.58. The van der Waals surface area contributed by atoms with Gasteiger partial charge >= 0.3 is 5.97 Å². The number of nitrogens with zero attached hydrogens (tertiary/aromatic N) is 1. The predicted molar refractivity (Wildman–Crippen MR) is 93.3 cm³/mol. The van der Waals surface area contributed by atoms with Crippen LogP contribution in [-0.2, 0) is 14.3 Å². The standard InChI is InChI=1S/C19H26N2O3/c1-13-10-11-20-17(12-13)19(23)24-18(14(2)21(4)15(3)22)16-8-6-5-7-9-16/h5-10,14,17-18,20H,11-12H2,1-4H3. The van der Waals surface area contributed by atoms with E-state index in [0.717, 1.165) is 5.56 Å². The smallest absolute Gasteiger partial charge is 0.324 e. The molecule has 1 amide bonds. The summed E-state index contributed by atoms with van der Waals surface area (Å²) in [4.78, 5) is 25.9. The van der Waals surface area contributed by atoms with E-state index in [9.17, 15) is 9.59 Å². The van der Waals surface area contributed by atoms with Gasteiger partial charge in [0.25, 0.3) is 0 Å². The van der Waals surface area contributed by atoms with Gasteiger partial charge in [-0.2, -0.15) is 0 Å². The Balaban J connectivity index is 2.18. The lowest BCUT2D eigenvalue weighted by molar-refractivity contribution is -0.157. The van der Waals surface area contributed by atoms with Gasteiger partial charge in [0.15, 0.2) is 0 Å². The van der Waals surface area contributed by atoms with Crippen molar-refractivity contribution in [3.05, 3.63) is 47.5 Å². The molecule has 130 valence electrons. The number of carbonyl (C=O) groups excluding carboxylic acids is 2. The van der Waals surface area contributed by atoms with Crippen molar-refractivity contribution in [3.63, 3.8) is 0 Å². The Kier molecular flexibility index (Phi) is 6.15. The number of likely N-dealkylation sites (N-methyl/N-ethyl adjacent to an activating group) is 1. The molecular formula is C19H26N2O3. The van der Waals surface area contributed by atoms with Crippen molar-refractivity contribution in [3.8, 4) is 0 Å². The van der Waals surface area contributed by atoms with Gasteiger partial charge < -0.3 is 15.0 Å². The molecule has 1 N–H and O–H groups in total. The number of amides is 1. The van der Waals surface area contributed by atoms with E-state index in [-0.39, 0.29) is 24.0 Å². The first-order valence-electron chi connectivity index (χ1n) is 8.28. The fourth-order valence-corrected chi connectivity index (χ4v) is 2.80. The van der Waals surface area contributed by atoms with Crippen molar-refractivity contribution in [1.29, 1.82) is 0 Å². The zero-order chi connectivity index (χ0) is 17.7. The first-order valence-corrected chi connectivity index (χ1v) is 8.28. The van der Waals surface area contributed by atoms with Gasteiger partial charge in [0.2, 0.25) is 5.91 Å². The Bertz CT molecular complexity index is 612. The van der Waals surface area contributed by atoms with E-state index in [4.69, 9.17) is 4.74 Å². The van der Waals surface area contributed by atoms with Gasteiger partial charge in [-0.05, 0) is 25.8 Å². The number of carbonyl (C=O) groups is 2. The average molecular weight is 330 g/mol. The third-order valence-corrected chi connectivity index (χ3v) is 4.54. The molecule has 1 aromatic carbocycles. The van der Waals surface area contributed by atoms with Crippen molar-refractivity contribution in [2.75, 3.05) is 13.6 Å². The van der Waals surface area contributed by atoms with E-state index in [1.165, 1.54) is 12.5 Å². The van der Waals surface area contributed by atoms with Gasteiger partial charge in [-0.3, -0.25) is 9.59 Å². The summed E-state index contributed by atoms with van der Waals surface area (Å²) < 4.78 is 5.83. The van der Waals surface area contributed by atoms with Crippen LogP contribution in [0.1, 0.15) is 38.9 Å². The lowest BCUT2D eigenvalue weighted by Gasteiger charge is -2.33. The SMILES string of the molecule is CC(=O)N(C)C(C)C(OC(=O)C1CC(C)=CCN1)c1ccccc1. The van der Waals surface area contributed by atoms with Crippen LogP contribution < -0.4 is 5.32 Å². The van der Waals surface area contributed by atoms with Crippen molar-refractivity contribution in [1.82, 2.24) is 10.2 Å². The fourth-order valence-electron chi connectivity index (χ4n) is 2.80. The monoisotopic (exact) mass is 330 g/mol. The fraction of sp³-hybridized carbons (Fsp3) is 0.474. The van der Waals surface area contributed by atoms with Gasteiger partial charge in [0.05, 0.1) is 6.04 Å². The molecule has 0 radical (unpaired) electrons. The molecule has 3 atom stereocenters. The lowest BCUT2D eigenvalue weighted by Crippen LogP contribution is -2.44. The first kappa shape index (κ1) is 18.2. The molecular weight excluding hydrogens is 304 g/mol. The van der Waals surface area contributed by atoms with Crippen molar-refractivity contribution >= 4 is 11.9 Å². The number of hydrogen-bond acceptors (Lipinski definition) is 4. The van der Waals surface area contributed by atoms with Crippen molar-refractivity contribution in [2.24, 2.45) is 0 Å². The van der Waals surface area contributed by atoms with E-state index >= 15 is 0 Å². The molecule has 3 unspecified atom stereocenters. The Morgan fingerprint density at radius 2 is 1.96 bits per heavy atom. The molecule has 0 fully saturated rings. The molecule has 0 spiro atoms. The van der Waals surface area contributed by atoms with Crippen LogP contribution in [0.5, 0.6) is 0 Å². The van der Waals surface area contributed by atoms with Crippen molar-refractivity contribution < 1.29 is 14.3 Å². The summed E-state index contributed by atoms with van der Waals surface area (Å²) in [5.74, 6) is -0.339. The van der Waals surface area contributed by atoms with Crippen LogP contribution in [0.4, 0.5) is 0 Å². The minimum atomic E-state index is -0.499. The third-order valence-electron chi connectivity index (χ3n) is 4.54. The van der Waals surface area contributed by atoms with Crippen LogP contribution in [0, 0.1) is 0 Å². The molecule has 1 aliphatic heterocycles. The van der Waals surface area contributed by atoms with Crippen LogP contribution in [0.3, 0.4) is 0 Å².